The fourth-order valence-electron chi connectivity index (χ4n) is 11.9. The minimum atomic E-state index is -1.92. The van der Waals surface area contributed by atoms with Gasteiger partial charge in [0, 0.05) is 19.4 Å². The highest BCUT2D eigenvalue weighted by atomic mass is 16.3. The number of hydrogen-bond acceptors (Lipinski definition) is 23. The van der Waals surface area contributed by atoms with Gasteiger partial charge in [0.1, 0.15) is 78.5 Å². The molecule has 2 aromatic rings. The molecule has 1 fully saturated rings. The molecule has 0 unspecified atom stereocenters. The Morgan fingerprint density at radius 2 is 0.826 bits per heavy atom. The molecule has 0 aliphatic carbocycles. The molecule has 0 spiro atoms. The lowest BCUT2D eigenvalue weighted by Crippen LogP contribution is -2.62. The van der Waals surface area contributed by atoms with E-state index in [2.05, 4.69) is 69.1 Å². The Morgan fingerprint density at radius 1 is 0.426 bits per heavy atom. The van der Waals surface area contributed by atoms with E-state index in [-0.39, 0.29) is 64.1 Å². The molecule has 0 saturated carbocycles. The number of aliphatic hydroxyl groups excluding tert-OH is 2. The second-order valence-electron chi connectivity index (χ2n) is 29.2. The third-order valence-corrected chi connectivity index (χ3v) is 18.5. The van der Waals surface area contributed by atoms with Gasteiger partial charge in [-0.15, -0.1) is 0 Å². The topological polar surface area (TPSA) is 689 Å². The number of nitrogens with one attached hydrogen (secondary N) is 13. The number of nitrogens with two attached hydrogens (primary N) is 7. The van der Waals surface area contributed by atoms with Crippen molar-refractivity contribution in [3.8, 4) is 0 Å². The molecule has 29 N–H and O–H groups in total. The summed E-state index contributed by atoms with van der Waals surface area (Å²) in [5.74, 6) is -20.2. The van der Waals surface area contributed by atoms with E-state index in [9.17, 15) is 96.5 Å². The van der Waals surface area contributed by atoms with Crippen molar-refractivity contribution in [3.05, 3.63) is 71.8 Å². The fourth-order valence-corrected chi connectivity index (χ4v) is 11.9. The van der Waals surface area contributed by atoms with Crippen molar-refractivity contribution in [2.24, 2.45) is 57.9 Å². The number of carbonyl (C=O) groups is 18. The molecule has 0 bridgehead atoms. The van der Waals surface area contributed by atoms with Crippen molar-refractivity contribution in [1.82, 2.24) is 74.0 Å². The van der Waals surface area contributed by atoms with Gasteiger partial charge >= 0.3 is 0 Å². The van der Waals surface area contributed by atoms with Crippen LogP contribution in [0.1, 0.15) is 137 Å². The largest absolute Gasteiger partial charge is 0.394 e. The van der Waals surface area contributed by atoms with Gasteiger partial charge in [0.05, 0.1) is 44.6 Å². The van der Waals surface area contributed by atoms with Gasteiger partial charge in [0.2, 0.25) is 106 Å². The molecular weight excluding hydrogens is 1500 g/mol. The van der Waals surface area contributed by atoms with Crippen LogP contribution in [-0.4, -0.2) is 245 Å². The first kappa shape index (κ1) is 97.9. The Labute approximate surface area is 666 Å². The molecule has 41 heteroatoms. The van der Waals surface area contributed by atoms with Crippen molar-refractivity contribution in [2.75, 3.05) is 32.8 Å². The van der Waals surface area contributed by atoms with Gasteiger partial charge in [0.15, 0.2) is 0 Å². The fraction of sp³-hybridized carbons (Fsp3) is 0.595. The number of amides is 18. The third-order valence-electron chi connectivity index (χ3n) is 18.5. The van der Waals surface area contributed by atoms with Crippen LogP contribution >= 0.6 is 0 Å². The monoisotopic (exact) mass is 1620 g/mol. The summed E-state index contributed by atoms with van der Waals surface area (Å²) >= 11 is 0. The number of hydrogen-bond donors (Lipinski definition) is 22. The Morgan fingerprint density at radius 3 is 1.27 bits per heavy atom. The van der Waals surface area contributed by atoms with Gasteiger partial charge in [-0.05, 0) is 107 Å². The van der Waals surface area contributed by atoms with E-state index in [1.807, 2.05) is 0 Å². The quantitative estimate of drug-likeness (QED) is 0.0274. The van der Waals surface area contributed by atoms with E-state index >= 15 is 0 Å². The summed E-state index contributed by atoms with van der Waals surface area (Å²) in [5.41, 5.74) is 40.6. The number of aliphatic hydroxyl groups is 2. The van der Waals surface area contributed by atoms with E-state index in [1.54, 1.807) is 88.4 Å². The lowest BCUT2D eigenvalue weighted by Gasteiger charge is -2.33. The lowest BCUT2D eigenvalue weighted by atomic mass is 9.99. The maximum absolute atomic E-state index is 14.8. The number of primary amides is 4. The molecule has 2 aromatic carbocycles. The highest BCUT2D eigenvalue weighted by Gasteiger charge is 2.43. The summed E-state index contributed by atoms with van der Waals surface area (Å²) in [7, 11) is 0. The third kappa shape index (κ3) is 33.7. The number of rotatable bonds is 51. The van der Waals surface area contributed by atoms with Gasteiger partial charge in [0.25, 0.3) is 0 Å². The molecule has 15 atom stereocenters. The van der Waals surface area contributed by atoms with E-state index in [1.165, 1.54) is 20.8 Å². The van der Waals surface area contributed by atoms with Gasteiger partial charge in [-0.2, -0.15) is 0 Å². The van der Waals surface area contributed by atoms with Crippen LogP contribution in [0, 0.1) is 17.8 Å². The first-order valence-corrected chi connectivity index (χ1v) is 38.0. The highest BCUT2D eigenvalue weighted by Crippen LogP contribution is 2.22. The Bertz CT molecular complexity index is 3690. The average molecular weight is 1620 g/mol. The molecule has 638 valence electrons. The summed E-state index contributed by atoms with van der Waals surface area (Å²) < 4.78 is 0. The first-order chi connectivity index (χ1) is 54.1. The van der Waals surface area contributed by atoms with Crippen LogP contribution in [0.2, 0.25) is 0 Å². The second-order valence-corrected chi connectivity index (χ2v) is 29.2. The second kappa shape index (κ2) is 49.4. The number of carbonyl (C=O) groups excluding carboxylic acids is 18. The van der Waals surface area contributed by atoms with Crippen LogP contribution in [0.5, 0.6) is 0 Å². The summed E-state index contributed by atoms with van der Waals surface area (Å²) in [5, 5.41) is 52.6. The standard InChI is InChI=1S/C74H117N21O20/c1-37(2)57(80)71(112)86-45(25-16-18-28-76)64(105)89-48(32-53(77)98)66(107)90-49(33-54(78)99)65(106)88-47(31-43-22-13-10-14-23-43)67(108)93-59(39(5)6)74(115)95-29-19-26-52(95)70(111)94-60(41(8)97)73(114)91-50(34-55(79)100)68(109)92-58(38(3)4)72(113)82-35-56(101)84-51(36-96)69(110)85-44(24-15-17-27-75)63(104)83-40(7)62(103)87-46(61(81)102)30-42-20-11-9-12-21-42/h9-14,20-23,37-41,44-52,57-60,96-97H,15-19,24-36,75-76,80H2,1-8H3,(H2,77,98)(H2,78,99)(H2,79,100)(H2,81,102)(H,82,113)(H,83,104)(H,84,101)(H,85,110)(H,86,112)(H,87,103)(H,88,106)(H,89,105)(H,90,107)(H,91,114)(H,92,109)(H,93,108)(H,94,111)/t40-,41+,44-,45-,46-,47-,48-,49-,50-,51-,52-,57-,58-,59-,60-/m0/s1. The van der Waals surface area contributed by atoms with Gasteiger partial charge in [-0.1, -0.05) is 102 Å². The van der Waals surface area contributed by atoms with E-state index < -0.39 is 241 Å². The van der Waals surface area contributed by atoms with Gasteiger partial charge in [-0.25, -0.2) is 0 Å². The van der Waals surface area contributed by atoms with E-state index in [4.69, 9.17) is 40.1 Å². The number of unbranched alkanes of at least 4 members (excludes halogenated alkanes) is 2. The lowest BCUT2D eigenvalue weighted by molar-refractivity contribution is -0.144. The molecule has 0 aromatic heterocycles. The molecule has 1 heterocycles. The van der Waals surface area contributed by atoms with E-state index in [0.29, 0.717) is 36.8 Å². The van der Waals surface area contributed by atoms with Crippen LogP contribution < -0.4 is 109 Å². The highest BCUT2D eigenvalue weighted by molar-refractivity contribution is 6.02. The summed E-state index contributed by atoms with van der Waals surface area (Å²) in [6.07, 6.45) is -3.01. The predicted octanol–water partition coefficient (Wildman–Crippen LogP) is -8.55. The minimum Gasteiger partial charge on any atom is -0.394 e. The Balaban J connectivity index is 1.78. The molecule has 0 radical (unpaired) electrons. The molecule has 18 amide bonds. The van der Waals surface area contributed by atoms with Crippen molar-refractivity contribution in [3.63, 3.8) is 0 Å². The average Bonchev–Trinajstić information content (AvgIpc) is 1.73. The summed E-state index contributed by atoms with van der Waals surface area (Å²) in [6, 6.07) is -4.53. The van der Waals surface area contributed by atoms with Crippen molar-refractivity contribution in [1.29, 1.82) is 0 Å². The minimum absolute atomic E-state index is 0.0194. The van der Waals surface area contributed by atoms with Crippen LogP contribution in [0.3, 0.4) is 0 Å². The summed E-state index contributed by atoms with van der Waals surface area (Å²) in [4.78, 5) is 245. The number of likely N-dealkylation sites (tertiary alicyclic amines) is 1. The molecule has 1 aliphatic rings. The molecular formula is C74H117N21O20. The molecule has 1 aliphatic heterocycles. The molecule has 115 heavy (non-hydrogen) atoms. The smallest absolute Gasteiger partial charge is 0.246 e. The zero-order valence-corrected chi connectivity index (χ0v) is 66.1. The molecule has 41 nitrogen and oxygen atoms in total. The molecule has 3 rings (SSSR count). The van der Waals surface area contributed by atoms with Crippen LogP contribution in [-0.2, 0) is 99.1 Å². The maximum atomic E-state index is 14.8. The van der Waals surface area contributed by atoms with Crippen molar-refractivity contribution < 1.29 is 96.5 Å². The van der Waals surface area contributed by atoms with Crippen molar-refractivity contribution >= 4 is 106 Å². The zero-order chi connectivity index (χ0) is 86.5. The number of benzene rings is 2. The molecule has 1 saturated heterocycles. The Kier molecular flexibility index (Phi) is 42.0. The maximum Gasteiger partial charge on any atom is 0.246 e. The summed E-state index contributed by atoms with van der Waals surface area (Å²) in [6.45, 7) is 10.3. The first-order valence-electron chi connectivity index (χ1n) is 38.0. The van der Waals surface area contributed by atoms with Gasteiger partial charge < -0.3 is 124 Å². The van der Waals surface area contributed by atoms with Gasteiger partial charge in [-0.3, -0.25) is 86.3 Å². The van der Waals surface area contributed by atoms with E-state index in [0.717, 1.165) is 11.8 Å². The number of nitrogens with zero attached hydrogens (tertiary/aromatic N) is 1. The normalized spacial score (nSPS) is 16.2. The van der Waals surface area contributed by atoms with Crippen LogP contribution in [0.4, 0.5) is 0 Å². The Hall–Kier alpha value is -11.3. The zero-order valence-electron chi connectivity index (χ0n) is 66.1. The van der Waals surface area contributed by atoms with Crippen molar-refractivity contribution in [2.45, 2.75) is 230 Å². The SMILES string of the molecule is CC(C)[C@H](N)C(=O)N[C@@H](CCCCN)C(=O)N[C@@H](CC(N)=O)C(=O)N[C@@H](CC(N)=O)C(=O)N[C@@H](Cc1ccccc1)C(=O)N[C@H](C(=O)N1CCC[C@H]1C(=O)N[C@H](C(=O)N[C@@H](CC(N)=O)C(=O)N[C@H](C(=O)NCC(=O)N[C@@H](CO)C(=O)N[C@@H](CCCCN)C(=O)N[C@@H](C)C(=O)N[C@@H](Cc1ccccc1)C(N)=O)C(C)C)[C@@H](C)O)C(C)C. The predicted molar refractivity (Wildman–Crippen MR) is 415 cm³/mol. The van der Waals surface area contributed by atoms with Crippen LogP contribution in [0.15, 0.2) is 60.7 Å². The van der Waals surface area contributed by atoms with Crippen LogP contribution in [0.25, 0.3) is 0 Å².